The zero-order valence-corrected chi connectivity index (χ0v) is 8.07. The number of halogens is 4. The molecule has 94 valence electrons. The second kappa shape index (κ2) is 4.89. The van der Waals surface area contributed by atoms with Crippen LogP contribution in [0.25, 0.3) is 0 Å². The van der Waals surface area contributed by atoms with Crippen LogP contribution in [-0.4, -0.2) is 23.8 Å². The Morgan fingerprint density at radius 3 is 2.24 bits per heavy atom. The van der Waals surface area contributed by atoms with Crippen molar-refractivity contribution in [1.29, 1.82) is 0 Å². The highest BCUT2D eigenvalue weighted by Gasteiger charge is 2.33. The van der Waals surface area contributed by atoms with Crippen molar-refractivity contribution in [3.8, 4) is 11.5 Å². The molecule has 1 aromatic rings. The molecular weight excluding hydrogens is 248 g/mol. The van der Waals surface area contributed by atoms with Crippen LogP contribution >= 0.6 is 0 Å². The average Bonchev–Trinajstić information content (AvgIpc) is 2.18. The van der Waals surface area contributed by atoms with Crippen LogP contribution < -0.4 is 9.47 Å². The van der Waals surface area contributed by atoms with Gasteiger partial charge >= 0.3 is 18.7 Å². The molecule has 0 bridgehead atoms. The molecule has 1 rings (SSSR count). The number of benzene rings is 1. The largest absolute Gasteiger partial charge is 0.573 e. The minimum atomic E-state index is -4.98. The average molecular weight is 254 g/mol. The van der Waals surface area contributed by atoms with E-state index in [4.69, 9.17) is 5.11 Å². The van der Waals surface area contributed by atoms with E-state index >= 15 is 0 Å². The number of hydrogen-bond donors (Lipinski definition) is 1. The first-order chi connectivity index (χ1) is 7.79. The molecule has 1 atom stereocenters. The normalized spacial score (nSPS) is 12.9. The summed E-state index contributed by atoms with van der Waals surface area (Å²) in [5.41, 5.74) is 0. The number of para-hydroxylation sites is 2. The number of rotatable bonds is 4. The zero-order valence-electron chi connectivity index (χ0n) is 8.07. The Labute approximate surface area is 92.4 Å². The van der Waals surface area contributed by atoms with Crippen LogP contribution in [0.15, 0.2) is 24.3 Å². The first-order valence-corrected chi connectivity index (χ1v) is 4.18. The summed E-state index contributed by atoms with van der Waals surface area (Å²) >= 11 is 0. The second-order valence-corrected chi connectivity index (χ2v) is 2.77. The summed E-state index contributed by atoms with van der Waals surface area (Å²) in [6.45, 7) is 0. The lowest BCUT2D eigenvalue weighted by atomic mass is 10.3. The fourth-order valence-electron chi connectivity index (χ4n) is 0.918. The van der Waals surface area contributed by atoms with Gasteiger partial charge in [-0.1, -0.05) is 12.1 Å². The molecule has 1 N–H and O–H groups in total. The summed E-state index contributed by atoms with van der Waals surface area (Å²) in [5, 5.41) is 8.20. The third-order valence-corrected chi connectivity index (χ3v) is 1.50. The summed E-state index contributed by atoms with van der Waals surface area (Å²) < 4.78 is 56.1. The van der Waals surface area contributed by atoms with Crippen LogP contribution in [0.4, 0.5) is 17.6 Å². The molecule has 0 saturated heterocycles. The van der Waals surface area contributed by atoms with E-state index in [2.05, 4.69) is 9.47 Å². The number of carboxylic acid groups (broad SMARTS) is 1. The maximum Gasteiger partial charge on any atom is 0.573 e. The molecule has 4 nitrogen and oxygen atoms in total. The molecule has 0 aliphatic carbocycles. The van der Waals surface area contributed by atoms with E-state index < -0.39 is 30.2 Å². The molecule has 8 heteroatoms. The second-order valence-electron chi connectivity index (χ2n) is 2.77. The summed E-state index contributed by atoms with van der Waals surface area (Å²) in [7, 11) is 0. The first kappa shape index (κ1) is 13.1. The number of aliphatic carboxylic acids is 1. The van der Waals surface area contributed by atoms with Crippen molar-refractivity contribution in [3.05, 3.63) is 24.3 Å². The quantitative estimate of drug-likeness (QED) is 0.838. The summed E-state index contributed by atoms with van der Waals surface area (Å²) in [6, 6.07) is 4.27. The van der Waals surface area contributed by atoms with E-state index in [0.29, 0.717) is 0 Å². The van der Waals surface area contributed by atoms with Gasteiger partial charge in [0, 0.05) is 0 Å². The molecule has 0 fully saturated rings. The van der Waals surface area contributed by atoms with Gasteiger partial charge in [0.1, 0.15) is 0 Å². The van der Waals surface area contributed by atoms with Crippen LogP contribution in [0, 0.1) is 0 Å². The Hall–Kier alpha value is -1.99. The lowest BCUT2D eigenvalue weighted by Crippen LogP contribution is -2.23. The first-order valence-electron chi connectivity index (χ1n) is 4.18. The van der Waals surface area contributed by atoms with Gasteiger partial charge in [0.15, 0.2) is 11.5 Å². The van der Waals surface area contributed by atoms with Gasteiger partial charge in [0.05, 0.1) is 0 Å². The molecule has 0 heterocycles. The third kappa shape index (κ3) is 4.17. The third-order valence-electron chi connectivity index (χ3n) is 1.50. The Kier molecular flexibility index (Phi) is 3.77. The highest BCUT2D eigenvalue weighted by atomic mass is 19.4. The number of carboxylic acids is 1. The van der Waals surface area contributed by atoms with Crippen molar-refractivity contribution in [2.45, 2.75) is 12.7 Å². The van der Waals surface area contributed by atoms with Gasteiger partial charge in [-0.25, -0.2) is 4.79 Å². The van der Waals surface area contributed by atoms with Crippen molar-refractivity contribution in [2.24, 2.45) is 0 Å². The molecule has 0 amide bonds. The number of alkyl halides is 4. The predicted molar refractivity (Wildman–Crippen MR) is 46.3 cm³/mol. The number of hydrogen-bond acceptors (Lipinski definition) is 3. The van der Waals surface area contributed by atoms with Gasteiger partial charge in [0.2, 0.25) is 0 Å². The minimum Gasteiger partial charge on any atom is -0.476 e. The van der Waals surface area contributed by atoms with Gasteiger partial charge in [-0.3, -0.25) is 0 Å². The van der Waals surface area contributed by atoms with Crippen LogP contribution in [0.3, 0.4) is 0 Å². The van der Waals surface area contributed by atoms with E-state index in [9.17, 15) is 22.4 Å². The Balaban J connectivity index is 2.88. The van der Waals surface area contributed by atoms with E-state index in [1.54, 1.807) is 0 Å². The Bertz CT molecular complexity index is 404. The van der Waals surface area contributed by atoms with E-state index in [-0.39, 0.29) is 0 Å². The van der Waals surface area contributed by atoms with Crippen LogP contribution in [0.2, 0.25) is 0 Å². The SMILES string of the molecule is O=C(O)C(F)Oc1ccccc1OC(F)(F)F. The topological polar surface area (TPSA) is 55.8 Å². The molecule has 0 radical (unpaired) electrons. The Morgan fingerprint density at radius 2 is 1.76 bits per heavy atom. The summed E-state index contributed by atoms with van der Waals surface area (Å²) in [4.78, 5) is 10.1. The van der Waals surface area contributed by atoms with Gasteiger partial charge < -0.3 is 14.6 Å². The van der Waals surface area contributed by atoms with Crippen LogP contribution in [-0.2, 0) is 4.79 Å². The van der Waals surface area contributed by atoms with E-state index in [1.807, 2.05) is 0 Å². The van der Waals surface area contributed by atoms with Gasteiger partial charge in [0.25, 0.3) is 0 Å². The predicted octanol–water partition coefficient (Wildman–Crippen LogP) is 2.34. The summed E-state index contributed by atoms with van der Waals surface area (Å²) in [6.07, 6.45) is -7.75. The monoisotopic (exact) mass is 254 g/mol. The number of ether oxygens (including phenoxy) is 2. The standard InChI is InChI=1S/C9H6F4O4/c10-7(8(14)15)16-5-3-1-2-4-6(5)17-9(11,12)13/h1-4,7H,(H,14,15). The molecule has 0 spiro atoms. The van der Waals surface area contributed by atoms with Gasteiger partial charge in [-0.15, -0.1) is 13.2 Å². The molecule has 1 unspecified atom stereocenters. The van der Waals surface area contributed by atoms with E-state index in [1.165, 1.54) is 12.1 Å². The smallest absolute Gasteiger partial charge is 0.476 e. The molecule has 1 aromatic carbocycles. The molecular formula is C9H6F4O4. The molecule has 0 aliphatic rings. The van der Waals surface area contributed by atoms with Crippen molar-refractivity contribution < 1.29 is 36.9 Å². The highest BCUT2D eigenvalue weighted by molar-refractivity contribution is 5.71. The molecule has 17 heavy (non-hydrogen) atoms. The lowest BCUT2D eigenvalue weighted by Gasteiger charge is -2.14. The zero-order chi connectivity index (χ0) is 13.1. The van der Waals surface area contributed by atoms with Crippen LogP contribution in [0.1, 0.15) is 0 Å². The highest BCUT2D eigenvalue weighted by Crippen LogP contribution is 2.32. The number of carbonyl (C=O) groups is 1. The van der Waals surface area contributed by atoms with Crippen molar-refractivity contribution >= 4 is 5.97 Å². The van der Waals surface area contributed by atoms with Crippen molar-refractivity contribution in [2.75, 3.05) is 0 Å². The lowest BCUT2D eigenvalue weighted by molar-refractivity contribution is -0.275. The van der Waals surface area contributed by atoms with Gasteiger partial charge in [-0.2, -0.15) is 4.39 Å². The Morgan fingerprint density at radius 1 is 1.24 bits per heavy atom. The fraction of sp³-hybridized carbons (Fsp3) is 0.222. The summed E-state index contributed by atoms with van der Waals surface area (Å²) in [5.74, 6) is -3.42. The van der Waals surface area contributed by atoms with Crippen molar-refractivity contribution in [3.63, 3.8) is 0 Å². The molecule has 0 saturated carbocycles. The maximum absolute atomic E-state index is 12.7. The maximum atomic E-state index is 12.7. The minimum absolute atomic E-state index is 0.653. The molecule has 0 aliphatic heterocycles. The van der Waals surface area contributed by atoms with Gasteiger partial charge in [-0.05, 0) is 12.1 Å². The molecule has 0 aromatic heterocycles. The van der Waals surface area contributed by atoms with Crippen molar-refractivity contribution in [1.82, 2.24) is 0 Å². The van der Waals surface area contributed by atoms with E-state index in [0.717, 1.165) is 12.1 Å². The van der Waals surface area contributed by atoms with Crippen LogP contribution in [0.5, 0.6) is 11.5 Å². The fourth-order valence-corrected chi connectivity index (χ4v) is 0.918.